The fourth-order valence-electron chi connectivity index (χ4n) is 3.48. The van der Waals surface area contributed by atoms with E-state index >= 15 is 0 Å². The smallest absolute Gasteiger partial charge is 0.123 e. The maximum Gasteiger partial charge on any atom is 0.123 e. The maximum absolute atomic E-state index is 13.4. The lowest BCUT2D eigenvalue weighted by atomic mass is 10.0. The Labute approximate surface area is 162 Å². The summed E-state index contributed by atoms with van der Waals surface area (Å²) in [6, 6.07) is 17.9. The number of hydrogen-bond donors (Lipinski definition) is 0. The number of benzene rings is 2. The first kappa shape index (κ1) is 17.8. The predicted octanol–water partition coefficient (Wildman–Crippen LogP) is 6.54. The summed E-state index contributed by atoms with van der Waals surface area (Å²) in [5, 5.41) is 0. The number of nitrogens with zero attached hydrogens (tertiary/aromatic N) is 1. The quantitative estimate of drug-likeness (QED) is 0.460. The van der Waals surface area contributed by atoms with Crippen molar-refractivity contribution in [3.05, 3.63) is 65.3 Å². The van der Waals surface area contributed by atoms with E-state index in [-0.39, 0.29) is 5.82 Å². The third-order valence-electron chi connectivity index (χ3n) is 4.87. The van der Waals surface area contributed by atoms with Gasteiger partial charge in [-0.05, 0) is 73.6 Å². The van der Waals surface area contributed by atoms with Crippen LogP contribution < -0.4 is 0 Å². The summed E-state index contributed by atoms with van der Waals surface area (Å²) in [5.41, 5.74) is 3.57. The van der Waals surface area contributed by atoms with Crippen molar-refractivity contribution in [2.24, 2.45) is 0 Å². The highest BCUT2D eigenvalue weighted by Crippen LogP contribution is 2.40. The first-order chi connectivity index (χ1) is 12.7. The molecule has 3 aromatic rings. The standard InChI is InChI=1S/C22H22FNS2/c1-25-19-10-6-16(7-11-19)21-14-20(15-24-12-2-3-13-24)26-22(21)17-4-8-18(23)9-5-17/h4-11,14H,2-3,12-13,15H2,1H3. The molecule has 0 N–H and O–H groups in total. The number of thioether (sulfide) groups is 1. The molecule has 1 nitrogen and oxygen atoms in total. The Balaban J connectivity index is 1.73. The van der Waals surface area contributed by atoms with Crippen LogP contribution in [0.4, 0.5) is 4.39 Å². The summed E-state index contributed by atoms with van der Waals surface area (Å²) in [4.78, 5) is 6.41. The fourth-order valence-corrected chi connectivity index (χ4v) is 5.12. The minimum absolute atomic E-state index is 0.187. The minimum Gasteiger partial charge on any atom is -0.298 e. The molecule has 1 aliphatic rings. The lowest BCUT2D eigenvalue weighted by Gasteiger charge is -2.12. The summed E-state index contributed by atoms with van der Waals surface area (Å²) >= 11 is 3.60. The largest absolute Gasteiger partial charge is 0.298 e. The first-order valence-corrected chi connectivity index (χ1v) is 11.0. The molecule has 0 radical (unpaired) electrons. The Morgan fingerprint density at radius 1 is 0.962 bits per heavy atom. The molecule has 1 fully saturated rings. The van der Waals surface area contributed by atoms with E-state index in [1.165, 1.54) is 51.7 Å². The molecule has 0 unspecified atom stereocenters. The number of likely N-dealkylation sites (tertiary alicyclic amines) is 1. The van der Waals surface area contributed by atoms with E-state index in [4.69, 9.17) is 0 Å². The van der Waals surface area contributed by atoms with E-state index in [9.17, 15) is 4.39 Å². The average Bonchev–Trinajstić information content (AvgIpc) is 3.33. The number of thiophene rings is 1. The van der Waals surface area contributed by atoms with Crippen LogP contribution in [0, 0.1) is 5.82 Å². The van der Waals surface area contributed by atoms with Gasteiger partial charge >= 0.3 is 0 Å². The summed E-state index contributed by atoms with van der Waals surface area (Å²) in [7, 11) is 0. The van der Waals surface area contributed by atoms with Gasteiger partial charge in [0.1, 0.15) is 5.82 Å². The Hall–Kier alpha value is -1.62. The zero-order valence-corrected chi connectivity index (χ0v) is 16.5. The van der Waals surface area contributed by atoms with E-state index in [0.29, 0.717) is 0 Å². The predicted molar refractivity (Wildman–Crippen MR) is 111 cm³/mol. The Kier molecular flexibility index (Phi) is 5.44. The van der Waals surface area contributed by atoms with Crippen molar-refractivity contribution in [2.45, 2.75) is 24.3 Å². The zero-order valence-electron chi connectivity index (χ0n) is 14.9. The Bertz CT molecular complexity index is 862. The van der Waals surface area contributed by atoms with Crippen molar-refractivity contribution in [1.82, 2.24) is 4.90 Å². The normalized spacial score (nSPS) is 14.8. The van der Waals surface area contributed by atoms with Crippen LogP contribution in [0.25, 0.3) is 21.6 Å². The topological polar surface area (TPSA) is 3.24 Å². The lowest BCUT2D eigenvalue weighted by Crippen LogP contribution is -2.17. The van der Waals surface area contributed by atoms with Crippen LogP contribution in [0.1, 0.15) is 17.7 Å². The van der Waals surface area contributed by atoms with Crippen LogP contribution in [-0.2, 0) is 6.54 Å². The van der Waals surface area contributed by atoms with Crippen LogP contribution >= 0.6 is 23.1 Å². The molecule has 1 saturated heterocycles. The summed E-state index contributed by atoms with van der Waals surface area (Å²) in [6.07, 6.45) is 4.70. The molecule has 0 aliphatic carbocycles. The average molecular weight is 384 g/mol. The van der Waals surface area contributed by atoms with Crippen molar-refractivity contribution in [3.63, 3.8) is 0 Å². The fraction of sp³-hybridized carbons (Fsp3) is 0.273. The second-order valence-electron chi connectivity index (χ2n) is 6.67. The Morgan fingerprint density at radius 2 is 1.62 bits per heavy atom. The minimum atomic E-state index is -0.187. The van der Waals surface area contributed by atoms with Crippen molar-refractivity contribution in [2.75, 3.05) is 19.3 Å². The molecule has 0 spiro atoms. The van der Waals surface area contributed by atoms with Crippen LogP contribution in [0.3, 0.4) is 0 Å². The van der Waals surface area contributed by atoms with Gasteiger partial charge in [0, 0.05) is 26.8 Å². The zero-order chi connectivity index (χ0) is 17.9. The third kappa shape index (κ3) is 3.88. The molecule has 4 rings (SSSR count). The van der Waals surface area contributed by atoms with Gasteiger partial charge in [-0.25, -0.2) is 4.39 Å². The molecule has 0 amide bonds. The van der Waals surface area contributed by atoms with Gasteiger partial charge in [0.25, 0.3) is 0 Å². The van der Waals surface area contributed by atoms with E-state index in [0.717, 1.165) is 12.1 Å². The summed E-state index contributed by atoms with van der Waals surface area (Å²) < 4.78 is 13.4. The molecular weight excluding hydrogens is 361 g/mol. The maximum atomic E-state index is 13.4. The van der Waals surface area contributed by atoms with Gasteiger partial charge in [0.05, 0.1) is 0 Å². The van der Waals surface area contributed by atoms with Crippen molar-refractivity contribution in [3.8, 4) is 21.6 Å². The molecule has 4 heteroatoms. The summed E-state index contributed by atoms with van der Waals surface area (Å²) in [5.74, 6) is -0.187. The van der Waals surface area contributed by atoms with Crippen molar-refractivity contribution in [1.29, 1.82) is 0 Å². The van der Waals surface area contributed by atoms with E-state index in [1.807, 2.05) is 23.5 Å². The molecule has 2 aromatic carbocycles. The van der Waals surface area contributed by atoms with Gasteiger partial charge in [-0.3, -0.25) is 4.90 Å². The molecule has 0 atom stereocenters. The molecule has 26 heavy (non-hydrogen) atoms. The number of rotatable bonds is 5. The SMILES string of the molecule is CSc1ccc(-c2cc(CN3CCCC3)sc2-c2ccc(F)cc2)cc1. The van der Waals surface area contributed by atoms with Crippen LogP contribution in [0.15, 0.2) is 59.5 Å². The molecule has 0 bridgehead atoms. The highest BCUT2D eigenvalue weighted by molar-refractivity contribution is 7.98. The molecule has 134 valence electrons. The van der Waals surface area contributed by atoms with Crippen LogP contribution in [0.5, 0.6) is 0 Å². The second-order valence-corrected chi connectivity index (χ2v) is 8.69. The monoisotopic (exact) mass is 383 g/mol. The highest BCUT2D eigenvalue weighted by Gasteiger charge is 2.17. The third-order valence-corrected chi connectivity index (χ3v) is 6.78. The van der Waals surface area contributed by atoms with Gasteiger partial charge in [0.15, 0.2) is 0 Å². The first-order valence-electron chi connectivity index (χ1n) is 8.98. The van der Waals surface area contributed by atoms with E-state index < -0.39 is 0 Å². The molecule has 1 aromatic heterocycles. The van der Waals surface area contributed by atoms with Crippen molar-refractivity contribution < 1.29 is 4.39 Å². The number of halogens is 1. The Morgan fingerprint density at radius 3 is 2.27 bits per heavy atom. The van der Waals surface area contributed by atoms with Gasteiger partial charge in [-0.2, -0.15) is 0 Å². The van der Waals surface area contributed by atoms with Crippen LogP contribution in [-0.4, -0.2) is 24.2 Å². The number of hydrogen-bond acceptors (Lipinski definition) is 3. The molecular formula is C22H22FNS2. The van der Waals surface area contributed by atoms with Gasteiger partial charge < -0.3 is 0 Å². The highest BCUT2D eigenvalue weighted by atomic mass is 32.2. The van der Waals surface area contributed by atoms with Gasteiger partial charge in [-0.1, -0.05) is 24.3 Å². The molecule has 1 aliphatic heterocycles. The van der Waals surface area contributed by atoms with E-state index in [1.54, 1.807) is 23.9 Å². The van der Waals surface area contributed by atoms with Crippen molar-refractivity contribution >= 4 is 23.1 Å². The molecule has 2 heterocycles. The second kappa shape index (κ2) is 7.95. The van der Waals surface area contributed by atoms with Gasteiger partial charge in [0.2, 0.25) is 0 Å². The summed E-state index contributed by atoms with van der Waals surface area (Å²) in [6.45, 7) is 3.41. The van der Waals surface area contributed by atoms with E-state index in [2.05, 4.69) is 41.5 Å². The lowest BCUT2D eigenvalue weighted by molar-refractivity contribution is 0.334. The van der Waals surface area contributed by atoms with Crippen LogP contribution in [0.2, 0.25) is 0 Å². The molecule has 0 saturated carbocycles. The van der Waals surface area contributed by atoms with Gasteiger partial charge in [-0.15, -0.1) is 23.1 Å².